The van der Waals surface area contributed by atoms with Crippen molar-refractivity contribution >= 4 is 22.4 Å². The van der Waals surface area contributed by atoms with Gasteiger partial charge in [0.25, 0.3) is 5.91 Å². The highest BCUT2D eigenvalue weighted by molar-refractivity contribution is 7.84. The summed E-state index contributed by atoms with van der Waals surface area (Å²) in [4.78, 5) is 15.3. The molecule has 4 nitrogen and oxygen atoms in total. The summed E-state index contributed by atoms with van der Waals surface area (Å²) in [5, 5.41) is 0. The van der Waals surface area contributed by atoms with Crippen molar-refractivity contribution in [2.24, 2.45) is 0 Å². The number of carbonyl (C=O) groups is 1. The van der Waals surface area contributed by atoms with Crippen molar-refractivity contribution in [3.8, 4) is 0 Å². The molecule has 0 saturated heterocycles. The van der Waals surface area contributed by atoms with Crippen molar-refractivity contribution in [3.05, 3.63) is 83.3 Å². The number of rotatable bonds is 4. The molecule has 1 unspecified atom stereocenters. The Morgan fingerprint density at radius 3 is 2.69 bits per heavy atom. The summed E-state index contributed by atoms with van der Waals surface area (Å²) in [5.74, 6) is 0.957. The van der Waals surface area contributed by atoms with Gasteiger partial charge in [-0.25, -0.2) is 0 Å². The Labute approximate surface area is 154 Å². The minimum Gasteiger partial charge on any atom is -0.455 e. The summed E-state index contributed by atoms with van der Waals surface area (Å²) in [5.41, 5.74) is 3.11. The van der Waals surface area contributed by atoms with Crippen LogP contribution < -0.4 is 4.90 Å². The monoisotopic (exact) mass is 365 g/mol. The second kappa shape index (κ2) is 6.92. The predicted molar refractivity (Wildman–Crippen MR) is 102 cm³/mol. The molecule has 3 aromatic rings. The van der Waals surface area contributed by atoms with Crippen LogP contribution in [-0.4, -0.2) is 16.7 Å². The van der Waals surface area contributed by atoms with Gasteiger partial charge in [0.1, 0.15) is 5.76 Å². The number of anilines is 1. The van der Waals surface area contributed by atoms with Crippen LogP contribution >= 0.6 is 0 Å². The average Bonchev–Trinajstić information content (AvgIpc) is 3.28. The van der Waals surface area contributed by atoms with Crippen molar-refractivity contribution < 1.29 is 13.4 Å². The fourth-order valence-electron chi connectivity index (χ4n) is 3.27. The van der Waals surface area contributed by atoms with Crippen molar-refractivity contribution in [2.75, 3.05) is 11.4 Å². The first kappa shape index (κ1) is 16.8. The van der Waals surface area contributed by atoms with Crippen LogP contribution in [0.25, 0.3) is 0 Å². The fraction of sp³-hybridized carbons (Fsp3) is 0.190. The topological polar surface area (TPSA) is 50.5 Å². The lowest BCUT2D eigenvalue weighted by Crippen LogP contribution is -2.28. The fourth-order valence-corrected chi connectivity index (χ4v) is 4.50. The van der Waals surface area contributed by atoms with Gasteiger partial charge in [-0.3, -0.25) is 9.00 Å². The number of fused-ring (bicyclic) bond motifs is 1. The van der Waals surface area contributed by atoms with E-state index in [0.29, 0.717) is 18.1 Å². The van der Waals surface area contributed by atoms with E-state index in [1.165, 1.54) is 5.56 Å². The molecular weight excluding hydrogens is 346 g/mol. The van der Waals surface area contributed by atoms with Crippen molar-refractivity contribution in [1.82, 2.24) is 0 Å². The SMILES string of the molecule is Cc1ccccc1S(=O)Cc1ccc(C(=O)N2CCc3ccccc32)o1. The highest BCUT2D eigenvalue weighted by Gasteiger charge is 2.27. The zero-order valence-corrected chi connectivity index (χ0v) is 15.3. The molecule has 1 atom stereocenters. The average molecular weight is 365 g/mol. The minimum atomic E-state index is -1.20. The largest absolute Gasteiger partial charge is 0.455 e. The molecule has 0 aliphatic carbocycles. The highest BCUT2D eigenvalue weighted by Crippen LogP contribution is 2.29. The summed E-state index contributed by atoms with van der Waals surface area (Å²) in [6, 6.07) is 18.9. The Bertz CT molecular complexity index is 992. The second-order valence-electron chi connectivity index (χ2n) is 6.36. The molecule has 0 saturated carbocycles. The van der Waals surface area contributed by atoms with Crippen molar-refractivity contribution in [2.45, 2.75) is 24.0 Å². The molecule has 2 aromatic carbocycles. The van der Waals surface area contributed by atoms with E-state index >= 15 is 0 Å². The summed E-state index contributed by atoms with van der Waals surface area (Å²) in [6.45, 7) is 2.60. The van der Waals surface area contributed by atoms with E-state index < -0.39 is 10.8 Å². The van der Waals surface area contributed by atoms with Crippen LogP contribution in [0.5, 0.6) is 0 Å². The smallest absolute Gasteiger partial charge is 0.293 e. The van der Waals surface area contributed by atoms with Gasteiger partial charge in [0.15, 0.2) is 5.76 Å². The third-order valence-corrected chi connectivity index (χ3v) is 6.11. The first-order valence-electron chi connectivity index (χ1n) is 8.56. The van der Waals surface area contributed by atoms with Crippen molar-refractivity contribution in [1.29, 1.82) is 0 Å². The molecule has 1 aliphatic heterocycles. The number of nitrogens with zero attached hydrogens (tertiary/aromatic N) is 1. The van der Waals surface area contributed by atoms with Crippen LogP contribution in [0.2, 0.25) is 0 Å². The summed E-state index contributed by atoms with van der Waals surface area (Å²) >= 11 is 0. The molecule has 0 bridgehead atoms. The third kappa shape index (κ3) is 3.10. The van der Waals surface area contributed by atoms with Gasteiger partial charge in [-0.05, 0) is 48.7 Å². The first-order chi connectivity index (χ1) is 12.6. The summed E-state index contributed by atoms with van der Waals surface area (Å²) in [6.07, 6.45) is 0.854. The van der Waals surface area contributed by atoms with Gasteiger partial charge in [-0.1, -0.05) is 36.4 Å². The number of hydrogen-bond acceptors (Lipinski definition) is 3. The van der Waals surface area contributed by atoms with Gasteiger partial charge in [0.05, 0.1) is 16.6 Å². The lowest BCUT2D eigenvalue weighted by atomic mass is 10.2. The maximum Gasteiger partial charge on any atom is 0.293 e. The van der Waals surface area contributed by atoms with Gasteiger partial charge in [-0.15, -0.1) is 0 Å². The number of benzene rings is 2. The number of aryl methyl sites for hydroxylation is 1. The number of furan rings is 1. The van der Waals surface area contributed by atoms with Gasteiger partial charge < -0.3 is 9.32 Å². The van der Waals surface area contributed by atoms with E-state index in [1.807, 2.05) is 55.5 Å². The molecular formula is C21H19NO3S. The van der Waals surface area contributed by atoms with Crippen LogP contribution in [0.1, 0.15) is 27.4 Å². The molecule has 2 heterocycles. The van der Waals surface area contributed by atoms with Crippen LogP contribution in [0.15, 0.2) is 70.0 Å². The Kier molecular flexibility index (Phi) is 4.47. The maximum atomic E-state index is 12.8. The first-order valence-corrected chi connectivity index (χ1v) is 9.88. The predicted octanol–water partition coefficient (Wildman–Crippen LogP) is 4.10. The lowest BCUT2D eigenvalue weighted by Gasteiger charge is -2.15. The minimum absolute atomic E-state index is 0.150. The molecule has 4 rings (SSSR count). The number of para-hydroxylation sites is 1. The molecule has 26 heavy (non-hydrogen) atoms. The number of amides is 1. The van der Waals surface area contributed by atoms with Crippen molar-refractivity contribution in [3.63, 3.8) is 0 Å². The van der Waals surface area contributed by atoms with E-state index in [4.69, 9.17) is 4.42 Å². The zero-order valence-electron chi connectivity index (χ0n) is 14.5. The lowest BCUT2D eigenvalue weighted by molar-refractivity contribution is 0.0961. The number of carbonyl (C=O) groups excluding carboxylic acids is 1. The molecule has 0 fully saturated rings. The maximum absolute atomic E-state index is 12.8. The van der Waals surface area contributed by atoms with Crippen LogP contribution in [0.3, 0.4) is 0 Å². The molecule has 1 amide bonds. The van der Waals surface area contributed by atoms with Gasteiger partial charge in [-0.2, -0.15) is 0 Å². The van der Waals surface area contributed by atoms with E-state index in [9.17, 15) is 9.00 Å². The Balaban J connectivity index is 1.51. The molecule has 0 spiro atoms. The Hall–Kier alpha value is -2.66. The molecule has 0 N–H and O–H groups in total. The van der Waals surface area contributed by atoms with Crippen LogP contribution in [-0.2, 0) is 23.0 Å². The standard InChI is InChI=1S/C21H19NO3S/c1-15-6-2-5-9-20(15)26(24)14-17-10-11-19(25-17)21(23)22-13-12-16-7-3-4-8-18(16)22/h2-11H,12-14H2,1H3. The van der Waals surface area contributed by atoms with E-state index in [-0.39, 0.29) is 11.7 Å². The van der Waals surface area contributed by atoms with Gasteiger partial charge >= 0.3 is 0 Å². The molecule has 132 valence electrons. The molecule has 1 aliphatic rings. The van der Waals surface area contributed by atoms with E-state index in [1.54, 1.807) is 17.0 Å². The normalized spacial score (nSPS) is 14.3. The molecule has 5 heteroatoms. The van der Waals surface area contributed by atoms with Gasteiger partial charge in [0.2, 0.25) is 0 Å². The van der Waals surface area contributed by atoms with E-state index in [2.05, 4.69) is 0 Å². The quantitative estimate of drug-likeness (QED) is 0.699. The van der Waals surface area contributed by atoms with E-state index in [0.717, 1.165) is 22.6 Å². The summed E-state index contributed by atoms with van der Waals surface area (Å²) < 4.78 is 18.3. The van der Waals surface area contributed by atoms with Gasteiger partial charge in [0, 0.05) is 17.1 Å². The second-order valence-corrected chi connectivity index (χ2v) is 7.78. The van der Waals surface area contributed by atoms with Crippen LogP contribution in [0, 0.1) is 6.92 Å². The molecule has 1 aromatic heterocycles. The zero-order chi connectivity index (χ0) is 18.1. The summed E-state index contributed by atoms with van der Waals surface area (Å²) in [7, 11) is -1.20. The number of hydrogen-bond donors (Lipinski definition) is 0. The third-order valence-electron chi connectivity index (χ3n) is 4.62. The molecule has 0 radical (unpaired) electrons. The van der Waals surface area contributed by atoms with Crippen LogP contribution in [0.4, 0.5) is 5.69 Å². The highest BCUT2D eigenvalue weighted by atomic mass is 32.2. The Morgan fingerprint density at radius 1 is 1.08 bits per heavy atom. The Morgan fingerprint density at radius 2 is 1.85 bits per heavy atom.